The van der Waals surface area contributed by atoms with Gasteiger partial charge in [0, 0.05) is 39.3 Å². The second-order valence-corrected chi connectivity index (χ2v) is 5.09. The van der Waals surface area contributed by atoms with Gasteiger partial charge in [-0.1, -0.05) is 6.07 Å². The fraction of sp³-hybridized carbons (Fsp3) is 0.467. The van der Waals surface area contributed by atoms with Gasteiger partial charge in [0.1, 0.15) is 5.69 Å². The second-order valence-electron chi connectivity index (χ2n) is 5.09. The zero-order valence-electron chi connectivity index (χ0n) is 12.7. The molecule has 0 radical (unpaired) electrons. The van der Waals surface area contributed by atoms with Crippen LogP contribution in [0.4, 0.5) is 0 Å². The van der Waals surface area contributed by atoms with Crippen LogP contribution in [0.25, 0.3) is 0 Å². The summed E-state index contributed by atoms with van der Waals surface area (Å²) in [5, 5.41) is 0. The highest BCUT2D eigenvalue weighted by atomic mass is 16.5. The third kappa shape index (κ3) is 3.81. The number of rotatable bonds is 3. The standard InChI is InChI=1S/C15H19N3O4/c1-11(22-15(21)13-5-3-4-6-16-13)14(20)18-9-7-17(8-10-18)12(2)19/h3-6,11H,7-10H2,1-2H3/t11-/m1/s1. The van der Waals surface area contributed by atoms with E-state index >= 15 is 0 Å². The van der Waals surface area contributed by atoms with Crippen molar-refractivity contribution in [3.05, 3.63) is 30.1 Å². The monoisotopic (exact) mass is 305 g/mol. The van der Waals surface area contributed by atoms with Crippen molar-refractivity contribution in [3.8, 4) is 0 Å². The number of hydrogen-bond donors (Lipinski definition) is 0. The fourth-order valence-corrected chi connectivity index (χ4v) is 2.25. The Morgan fingerprint density at radius 2 is 1.77 bits per heavy atom. The molecule has 0 aromatic carbocycles. The minimum absolute atomic E-state index is 0.00160. The van der Waals surface area contributed by atoms with Gasteiger partial charge in [0.15, 0.2) is 6.10 Å². The van der Waals surface area contributed by atoms with Crippen molar-refractivity contribution < 1.29 is 19.1 Å². The Hall–Kier alpha value is -2.44. The molecule has 0 spiro atoms. The molecule has 7 heteroatoms. The van der Waals surface area contributed by atoms with Crippen molar-refractivity contribution >= 4 is 17.8 Å². The molecule has 2 amide bonds. The summed E-state index contributed by atoms with van der Waals surface area (Å²) >= 11 is 0. The first-order chi connectivity index (χ1) is 10.5. The Kier molecular flexibility index (Phi) is 5.08. The summed E-state index contributed by atoms with van der Waals surface area (Å²) in [6.45, 7) is 4.95. The molecule has 7 nitrogen and oxygen atoms in total. The summed E-state index contributed by atoms with van der Waals surface area (Å²) in [6, 6.07) is 4.90. The first kappa shape index (κ1) is 15.9. The lowest BCUT2D eigenvalue weighted by Crippen LogP contribution is -2.52. The molecule has 1 saturated heterocycles. The first-order valence-corrected chi connectivity index (χ1v) is 7.15. The average Bonchev–Trinajstić information content (AvgIpc) is 2.55. The predicted molar refractivity (Wildman–Crippen MR) is 77.9 cm³/mol. The summed E-state index contributed by atoms with van der Waals surface area (Å²) in [5.74, 6) is -0.877. The maximum Gasteiger partial charge on any atom is 0.357 e. The number of pyridine rings is 1. The van der Waals surface area contributed by atoms with E-state index in [1.807, 2.05) is 0 Å². The summed E-state index contributed by atoms with van der Waals surface area (Å²) in [6.07, 6.45) is 0.614. The highest BCUT2D eigenvalue weighted by Gasteiger charge is 2.28. The van der Waals surface area contributed by atoms with E-state index in [0.717, 1.165) is 0 Å². The van der Waals surface area contributed by atoms with Crippen LogP contribution in [-0.2, 0) is 14.3 Å². The van der Waals surface area contributed by atoms with Crippen LogP contribution >= 0.6 is 0 Å². The summed E-state index contributed by atoms with van der Waals surface area (Å²) in [5.41, 5.74) is 0.170. The van der Waals surface area contributed by atoms with Gasteiger partial charge in [0.2, 0.25) is 5.91 Å². The van der Waals surface area contributed by atoms with E-state index in [-0.39, 0.29) is 17.5 Å². The van der Waals surface area contributed by atoms with Crippen LogP contribution < -0.4 is 0 Å². The molecule has 22 heavy (non-hydrogen) atoms. The van der Waals surface area contributed by atoms with E-state index < -0.39 is 12.1 Å². The van der Waals surface area contributed by atoms with E-state index in [1.165, 1.54) is 19.2 Å². The first-order valence-electron chi connectivity index (χ1n) is 7.15. The zero-order valence-corrected chi connectivity index (χ0v) is 12.7. The lowest BCUT2D eigenvalue weighted by Gasteiger charge is -2.35. The Morgan fingerprint density at radius 1 is 1.14 bits per heavy atom. The Bertz CT molecular complexity index is 553. The number of ether oxygens (including phenoxy) is 1. The fourth-order valence-electron chi connectivity index (χ4n) is 2.25. The van der Waals surface area contributed by atoms with Crippen LogP contribution in [0.1, 0.15) is 24.3 Å². The van der Waals surface area contributed by atoms with Crippen LogP contribution in [0.2, 0.25) is 0 Å². The average molecular weight is 305 g/mol. The van der Waals surface area contributed by atoms with E-state index in [9.17, 15) is 14.4 Å². The number of piperazine rings is 1. The SMILES string of the molecule is CC(=O)N1CCN(C(=O)[C@@H](C)OC(=O)c2ccccn2)CC1. The van der Waals surface area contributed by atoms with E-state index in [0.29, 0.717) is 26.2 Å². The molecule has 0 aliphatic carbocycles. The van der Waals surface area contributed by atoms with Crippen molar-refractivity contribution in [2.75, 3.05) is 26.2 Å². The van der Waals surface area contributed by atoms with Crippen LogP contribution in [-0.4, -0.2) is 64.9 Å². The molecular formula is C15H19N3O4. The molecule has 1 aliphatic rings. The molecule has 0 N–H and O–H groups in total. The Balaban J connectivity index is 1.88. The van der Waals surface area contributed by atoms with Crippen LogP contribution in [0.15, 0.2) is 24.4 Å². The number of hydrogen-bond acceptors (Lipinski definition) is 5. The second kappa shape index (κ2) is 7.02. The number of carbonyl (C=O) groups excluding carboxylic acids is 3. The number of amides is 2. The quantitative estimate of drug-likeness (QED) is 0.751. The largest absolute Gasteiger partial charge is 0.448 e. The number of nitrogens with zero attached hydrogens (tertiary/aromatic N) is 3. The van der Waals surface area contributed by atoms with E-state index in [2.05, 4.69) is 4.98 Å². The third-order valence-corrected chi connectivity index (χ3v) is 3.54. The van der Waals surface area contributed by atoms with Crippen molar-refractivity contribution in [3.63, 3.8) is 0 Å². The molecule has 1 aromatic heterocycles. The van der Waals surface area contributed by atoms with Gasteiger partial charge in [-0.2, -0.15) is 0 Å². The number of esters is 1. The van der Waals surface area contributed by atoms with Gasteiger partial charge in [-0.05, 0) is 19.1 Å². The third-order valence-electron chi connectivity index (χ3n) is 3.54. The molecule has 0 saturated carbocycles. The van der Waals surface area contributed by atoms with Gasteiger partial charge in [-0.15, -0.1) is 0 Å². The van der Waals surface area contributed by atoms with Gasteiger partial charge in [0.25, 0.3) is 5.91 Å². The highest BCUT2D eigenvalue weighted by molar-refractivity contribution is 5.90. The van der Waals surface area contributed by atoms with Gasteiger partial charge in [0.05, 0.1) is 0 Å². The molecule has 1 atom stereocenters. The minimum atomic E-state index is -0.876. The molecule has 1 aliphatic heterocycles. The lowest BCUT2D eigenvalue weighted by atomic mass is 10.2. The molecule has 2 heterocycles. The van der Waals surface area contributed by atoms with Gasteiger partial charge < -0.3 is 14.5 Å². The van der Waals surface area contributed by atoms with Crippen LogP contribution in [0.5, 0.6) is 0 Å². The van der Waals surface area contributed by atoms with Crippen molar-refractivity contribution in [1.29, 1.82) is 0 Å². The van der Waals surface area contributed by atoms with E-state index in [1.54, 1.807) is 28.9 Å². The summed E-state index contributed by atoms with van der Waals surface area (Å²) < 4.78 is 5.15. The summed E-state index contributed by atoms with van der Waals surface area (Å²) in [4.78, 5) is 42.6. The van der Waals surface area contributed by atoms with Crippen LogP contribution in [0.3, 0.4) is 0 Å². The van der Waals surface area contributed by atoms with Gasteiger partial charge >= 0.3 is 5.97 Å². The highest BCUT2D eigenvalue weighted by Crippen LogP contribution is 2.08. The maximum atomic E-state index is 12.3. The maximum absolute atomic E-state index is 12.3. The van der Waals surface area contributed by atoms with Gasteiger partial charge in [-0.3, -0.25) is 9.59 Å². The molecule has 0 bridgehead atoms. The topological polar surface area (TPSA) is 79.8 Å². The normalized spacial score (nSPS) is 16.1. The van der Waals surface area contributed by atoms with E-state index in [4.69, 9.17) is 4.74 Å². The smallest absolute Gasteiger partial charge is 0.357 e. The molecule has 118 valence electrons. The zero-order chi connectivity index (χ0) is 16.1. The van der Waals surface area contributed by atoms with Crippen molar-refractivity contribution in [1.82, 2.24) is 14.8 Å². The molecule has 0 unspecified atom stereocenters. The summed E-state index contributed by atoms with van der Waals surface area (Å²) in [7, 11) is 0. The van der Waals surface area contributed by atoms with Crippen LogP contribution in [0, 0.1) is 0 Å². The Morgan fingerprint density at radius 3 is 2.32 bits per heavy atom. The molecule has 2 rings (SSSR count). The Labute approximate surface area is 128 Å². The number of aromatic nitrogens is 1. The lowest BCUT2D eigenvalue weighted by molar-refractivity contribution is -0.144. The van der Waals surface area contributed by atoms with Crippen molar-refractivity contribution in [2.24, 2.45) is 0 Å². The number of carbonyl (C=O) groups is 3. The predicted octanol–water partition coefficient (Wildman–Crippen LogP) is 0.318. The van der Waals surface area contributed by atoms with Gasteiger partial charge in [-0.25, -0.2) is 9.78 Å². The minimum Gasteiger partial charge on any atom is -0.448 e. The van der Waals surface area contributed by atoms with Crippen molar-refractivity contribution in [2.45, 2.75) is 20.0 Å². The molecular weight excluding hydrogens is 286 g/mol. The molecule has 1 aromatic rings. The molecule has 1 fully saturated rings.